The molecule has 0 aromatic heterocycles. The lowest BCUT2D eigenvalue weighted by Crippen LogP contribution is -2.31. The van der Waals surface area contributed by atoms with E-state index in [0.717, 1.165) is 81.9 Å². The van der Waals surface area contributed by atoms with Crippen LogP contribution in [0.2, 0.25) is 0 Å². The van der Waals surface area contributed by atoms with Gasteiger partial charge in [0, 0.05) is 11.6 Å². The molecular formula is C47H70O3. The molecule has 0 amide bonds. The van der Waals surface area contributed by atoms with Crippen molar-refractivity contribution in [1.82, 2.24) is 0 Å². The zero-order chi connectivity index (χ0) is 36.9. The number of phenolic OH excluding ortho intramolecular Hbond substituents is 1. The summed E-state index contributed by atoms with van der Waals surface area (Å²) in [6, 6.07) is 3.47. The zero-order valence-electron chi connectivity index (χ0n) is 33.5. The predicted molar refractivity (Wildman–Crippen MR) is 219 cm³/mol. The third-order valence-corrected chi connectivity index (χ3v) is 9.65. The number of rotatable bonds is 22. The summed E-state index contributed by atoms with van der Waals surface area (Å²) in [4.78, 5) is 0. The third kappa shape index (κ3) is 18.0. The number of allylic oxidation sites excluding steroid dienone is 14. The van der Waals surface area contributed by atoms with Gasteiger partial charge in [-0.3, -0.25) is 0 Å². The van der Waals surface area contributed by atoms with Crippen LogP contribution >= 0.6 is 0 Å². The molecule has 2 rings (SSSR count). The second-order valence-corrected chi connectivity index (χ2v) is 15.2. The van der Waals surface area contributed by atoms with Gasteiger partial charge in [-0.2, -0.15) is 0 Å². The highest BCUT2D eigenvalue weighted by Crippen LogP contribution is 2.40. The SMILES string of the molecule is COc1cc2c(cc1O)C=C[C@@](C)(CC/C=C(\C)CC/C=C(\C)CC/C=C(\C)CC/C=C(\C)CC/C=C(\C)CC/C=C(\C)CCC=C(C)C)O2. The van der Waals surface area contributed by atoms with E-state index in [1.807, 2.05) is 6.08 Å². The van der Waals surface area contributed by atoms with E-state index in [-0.39, 0.29) is 11.4 Å². The van der Waals surface area contributed by atoms with Crippen molar-refractivity contribution in [3.8, 4) is 17.2 Å². The Morgan fingerprint density at radius 1 is 0.600 bits per heavy atom. The van der Waals surface area contributed by atoms with Gasteiger partial charge in [0.05, 0.1) is 7.11 Å². The van der Waals surface area contributed by atoms with Crippen molar-refractivity contribution in [2.45, 2.75) is 158 Å². The Morgan fingerprint density at radius 2 is 0.980 bits per heavy atom. The molecule has 0 bridgehead atoms. The first-order valence-electron chi connectivity index (χ1n) is 19.2. The number of hydrogen-bond donors (Lipinski definition) is 1. The molecule has 1 aromatic rings. The van der Waals surface area contributed by atoms with E-state index in [2.05, 4.69) is 111 Å². The minimum absolute atomic E-state index is 0.132. The molecule has 1 heterocycles. The monoisotopic (exact) mass is 683 g/mol. The van der Waals surface area contributed by atoms with E-state index in [9.17, 15) is 5.11 Å². The molecule has 1 aliphatic rings. The third-order valence-electron chi connectivity index (χ3n) is 9.65. The number of fused-ring (bicyclic) bond motifs is 1. The van der Waals surface area contributed by atoms with E-state index < -0.39 is 0 Å². The average molecular weight is 683 g/mol. The maximum atomic E-state index is 10.1. The van der Waals surface area contributed by atoms with E-state index in [4.69, 9.17) is 9.47 Å². The maximum absolute atomic E-state index is 10.1. The molecule has 3 heteroatoms. The van der Waals surface area contributed by atoms with Gasteiger partial charge in [-0.25, -0.2) is 0 Å². The topological polar surface area (TPSA) is 38.7 Å². The first-order valence-corrected chi connectivity index (χ1v) is 19.2. The summed E-state index contributed by atoms with van der Waals surface area (Å²) in [5, 5.41) is 10.1. The van der Waals surface area contributed by atoms with E-state index in [1.54, 1.807) is 19.2 Å². The van der Waals surface area contributed by atoms with Crippen LogP contribution in [0.1, 0.15) is 158 Å². The standard InChI is InChI=1S/C47H70O3/c1-36(2)18-11-19-37(3)20-12-21-38(4)22-13-23-39(5)24-14-25-40(6)26-15-27-41(7)28-16-29-42(8)30-17-32-47(9)33-31-43-34-44(48)46(49-10)35-45(43)50-47/h18,20,22,24,26,28,30-31,33-35,48H,11-17,19,21,23,25,27,29,32H2,1-10H3/b37-20+,38-22+,39-24+,40-26+,41-28+,42-30+/t47-/m1/s1. The molecule has 0 saturated carbocycles. The van der Waals surface area contributed by atoms with Gasteiger partial charge in [0.2, 0.25) is 0 Å². The summed E-state index contributed by atoms with van der Waals surface area (Å²) in [6.45, 7) is 20.1. The van der Waals surface area contributed by atoms with Crippen LogP contribution in [-0.2, 0) is 0 Å². The molecule has 0 aliphatic carbocycles. The molecule has 0 fully saturated rings. The summed E-state index contributed by atoms with van der Waals surface area (Å²) in [6.07, 6.45) is 36.6. The number of hydrogen-bond acceptors (Lipinski definition) is 3. The van der Waals surface area contributed by atoms with Crippen LogP contribution in [0, 0.1) is 0 Å². The van der Waals surface area contributed by atoms with Gasteiger partial charge < -0.3 is 14.6 Å². The van der Waals surface area contributed by atoms with Crippen LogP contribution in [-0.4, -0.2) is 17.8 Å². The van der Waals surface area contributed by atoms with Gasteiger partial charge in [-0.05, 0) is 164 Å². The molecule has 0 radical (unpaired) electrons. The number of ether oxygens (including phenoxy) is 2. The molecule has 3 nitrogen and oxygen atoms in total. The van der Waals surface area contributed by atoms with Crippen molar-refractivity contribution in [1.29, 1.82) is 0 Å². The zero-order valence-corrected chi connectivity index (χ0v) is 33.5. The largest absolute Gasteiger partial charge is 0.504 e. The van der Waals surface area contributed by atoms with Crippen LogP contribution in [0.25, 0.3) is 6.08 Å². The molecule has 50 heavy (non-hydrogen) atoms. The van der Waals surface area contributed by atoms with Gasteiger partial charge in [0.25, 0.3) is 0 Å². The van der Waals surface area contributed by atoms with Crippen LogP contribution in [0.3, 0.4) is 0 Å². The molecule has 0 spiro atoms. The van der Waals surface area contributed by atoms with Gasteiger partial charge in [0.15, 0.2) is 11.5 Å². The fraction of sp³-hybridized carbons (Fsp3) is 0.532. The first kappa shape index (κ1) is 42.7. The second kappa shape index (κ2) is 23.1. The lowest BCUT2D eigenvalue weighted by Gasteiger charge is -2.31. The summed E-state index contributed by atoms with van der Waals surface area (Å²) in [5.74, 6) is 1.32. The number of methoxy groups -OCH3 is 1. The van der Waals surface area contributed by atoms with Crippen LogP contribution in [0.5, 0.6) is 17.2 Å². The van der Waals surface area contributed by atoms with Crippen molar-refractivity contribution in [2.75, 3.05) is 7.11 Å². The summed E-state index contributed by atoms with van der Waals surface area (Å²) < 4.78 is 11.6. The summed E-state index contributed by atoms with van der Waals surface area (Å²) in [7, 11) is 1.56. The second-order valence-electron chi connectivity index (χ2n) is 15.2. The van der Waals surface area contributed by atoms with Gasteiger partial charge in [-0.15, -0.1) is 0 Å². The number of phenols is 1. The highest BCUT2D eigenvalue weighted by molar-refractivity contribution is 5.65. The fourth-order valence-electron chi connectivity index (χ4n) is 6.17. The molecule has 1 atom stereocenters. The highest BCUT2D eigenvalue weighted by atomic mass is 16.5. The van der Waals surface area contributed by atoms with E-state index >= 15 is 0 Å². The minimum atomic E-state index is -0.373. The quantitative estimate of drug-likeness (QED) is 0.124. The summed E-state index contributed by atoms with van der Waals surface area (Å²) in [5.41, 5.74) is 10.9. The Labute approximate surface area is 307 Å². The van der Waals surface area contributed by atoms with Gasteiger partial charge in [-0.1, -0.05) is 87.6 Å². The fourth-order valence-corrected chi connectivity index (χ4v) is 6.17. The van der Waals surface area contributed by atoms with Crippen LogP contribution < -0.4 is 9.47 Å². The summed E-state index contributed by atoms with van der Waals surface area (Å²) >= 11 is 0. The molecule has 1 aromatic carbocycles. The smallest absolute Gasteiger partial charge is 0.164 e. The predicted octanol–water partition coefficient (Wildman–Crippen LogP) is 14.7. The maximum Gasteiger partial charge on any atom is 0.164 e. The van der Waals surface area contributed by atoms with Crippen molar-refractivity contribution >= 4 is 6.08 Å². The number of benzene rings is 1. The Kier molecular flexibility index (Phi) is 19.7. The Hall–Kier alpha value is -3.46. The van der Waals surface area contributed by atoms with Crippen molar-refractivity contribution in [3.05, 3.63) is 105 Å². The Bertz CT molecular complexity index is 1450. The Balaban J connectivity index is 1.61. The molecule has 1 aliphatic heterocycles. The molecule has 0 unspecified atom stereocenters. The van der Waals surface area contributed by atoms with E-state index in [1.165, 1.54) is 58.3 Å². The first-order chi connectivity index (χ1) is 23.8. The molecule has 276 valence electrons. The lowest BCUT2D eigenvalue weighted by molar-refractivity contribution is 0.128. The van der Waals surface area contributed by atoms with Crippen molar-refractivity contribution < 1.29 is 14.6 Å². The van der Waals surface area contributed by atoms with Crippen molar-refractivity contribution in [2.24, 2.45) is 0 Å². The van der Waals surface area contributed by atoms with Gasteiger partial charge >= 0.3 is 0 Å². The van der Waals surface area contributed by atoms with Crippen LogP contribution in [0.4, 0.5) is 0 Å². The molecule has 0 saturated heterocycles. The lowest BCUT2D eigenvalue weighted by atomic mass is 9.94. The normalized spacial score (nSPS) is 17.5. The minimum Gasteiger partial charge on any atom is -0.504 e. The van der Waals surface area contributed by atoms with E-state index in [0.29, 0.717) is 5.75 Å². The molecular weight excluding hydrogens is 613 g/mol. The van der Waals surface area contributed by atoms with Crippen LogP contribution in [0.15, 0.2) is 99.8 Å². The molecule has 1 N–H and O–H groups in total. The Morgan fingerprint density at radius 3 is 1.36 bits per heavy atom. The average Bonchev–Trinajstić information content (AvgIpc) is 3.04. The highest BCUT2D eigenvalue weighted by Gasteiger charge is 2.27. The van der Waals surface area contributed by atoms with Gasteiger partial charge in [0.1, 0.15) is 11.4 Å². The van der Waals surface area contributed by atoms with Crippen molar-refractivity contribution in [3.63, 3.8) is 0 Å². The number of aromatic hydroxyl groups is 1.